The summed E-state index contributed by atoms with van der Waals surface area (Å²) in [4.78, 5) is 14.2. The lowest BCUT2D eigenvalue weighted by atomic mass is 9.92. The molecule has 0 unspecified atom stereocenters. The molecule has 0 aliphatic heterocycles. The van der Waals surface area contributed by atoms with Crippen LogP contribution in [0.2, 0.25) is 0 Å². The highest BCUT2D eigenvalue weighted by molar-refractivity contribution is 5.78. The highest BCUT2D eigenvalue weighted by atomic mass is 16.5. The van der Waals surface area contributed by atoms with Crippen molar-refractivity contribution < 1.29 is 9.53 Å². The predicted molar refractivity (Wildman–Crippen MR) is 81.0 cm³/mol. The maximum Gasteiger partial charge on any atom is 0.234 e. The minimum atomic E-state index is 0.0382. The number of rotatable bonds is 6. The van der Waals surface area contributed by atoms with Crippen molar-refractivity contribution in [1.29, 1.82) is 0 Å². The second kappa shape index (κ2) is 7.04. The molecule has 0 saturated carbocycles. The Bertz CT molecular complexity index is 486. The van der Waals surface area contributed by atoms with Gasteiger partial charge in [-0.25, -0.2) is 0 Å². The molecule has 0 bridgehead atoms. The largest absolute Gasteiger partial charge is 0.383 e. The Morgan fingerprint density at radius 3 is 3.14 bits per heavy atom. The summed E-state index contributed by atoms with van der Waals surface area (Å²) in [5.74, 6) is 0.0399. The third-order valence-electron chi connectivity index (χ3n) is 4.09. The van der Waals surface area contributed by atoms with Crippen LogP contribution in [-0.4, -0.2) is 53.9 Å². The van der Waals surface area contributed by atoms with Crippen LogP contribution in [0.1, 0.15) is 37.1 Å². The molecule has 118 valence electrons. The summed E-state index contributed by atoms with van der Waals surface area (Å²) in [5, 5.41) is 7.31. The Hall–Kier alpha value is -1.40. The number of aryl methyl sites for hydroxylation is 1. The number of amides is 1. The first kappa shape index (κ1) is 16.0. The van der Waals surface area contributed by atoms with Crippen molar-refractivity contribution in [2.75, 3.05) is 27.3 Å². The lowest BCUT2D eigenvalue weighted by molar-refractivity contribution is -0.123. The highest BCUT2D eigenvalue weighted by Crippen LogP contribution is 2.32. The van der Waals surface area contributed by atoms with E-state index in [1.165, 1.54) is 11.3 Å². The molecular formula is C15H26N4O2. The van der Waals surface area contributed by atoms with Gasteiger partial charge in [-0.15, -0.1) is 0 Å². The van der Waals surface area contributed by atoms with E-state index < -0.39 is 0 Å². The normalized spacial score (nSPS) is 19.4. The molecule has 0 radical (unpaired) electrons. The predicted octanol–water partition coefficient (Wildman–Crippen LogP) is 0.880. The van der Waals surface area contributed by atoms with E-state index in [0.29, 0.717) is 13.2 Å². The summed E-state index contributed by atoms with van der Waals surface area (Å²) in [5.41, 5.74) is 2.57. The number of hydrogen-bond acceptors (Lipinski definition) is 4. The Morgan fingerprint density at radius 2 is 2.43 bits per heavy atom. The van der Waals surface area contributed by atoms with Crippen LogP contribution >= 0.6 is 0 Å². The van der Waals surface area contributed by atoms with Crippen molar-refractivity contribution in [3.05, 3.63) is 17.5 Å². The Balaban J connectivity index is 1.95. The van der Waals surface area contributed by atoms with Gasteiger partial charge in [-0.2, -0.15) is 5.10 Å². The zero-order chi connectivity index (χ0) is 15.4. The van der Waals surface area contributed by atoms with Crippen LogP contribution in [0.25, 0.3) is 0 Å². The molecule has 0 spiro atoms. The van der Waals surface area contributed by atoms with E-state index in [-0.39, 0.29) is 18.0 Å². The topological polar surface area (TPSA) is 59.4 Å². The van der Waals surface area contributed by atoms with Gasteiger partial charge >= 0.3 is 0 Å². The summed E-state index contributed by atoms with van der Waals surface area (Å²) >= 11 is 0. The van der Waals surface area contributed by atoms with E-state index in [2.05, 4.69) is 15.3 Å². The first-order valence-corrected chi connectivity index (χ1v) is 7.52. The molecule has 2 rings (SSSR count). The maximum absolute atomic E-state index is 12.1. The molecule has 1 aromatic heterocycles. The lowest BCUT2D eigenvalue weighted by Gasteiger charge is -2.31. The van der Waals surface area contributed by atoms with Gasteiger partial charge in [-0.1, -0.05) is 0 Å². The number of carbonyl (C=O) groups excluding carboxylic acids is 1. The van der Waals surface area contributed by atoms with Crippen molar-refractivity contribution >= 4 is 5.91 Å². The number of methoxy groups -OCH3 is 1. The standard InChI is InChI=1S/C15H26N4O2/c1-11(10-21-4)17-15(20)9-18(2)13-6-5-7-14-12(13)8-16-19(14)3/h8,11,13H,5-7,9-10H2,1-4H3,(H,17,20)/t11-,13+/m1/s1. The Morgan fingerprint density at radius 1 is 1.67 bits per heavy atom. The first-order chi connectivity index (χ1) is 10.0. The van der Waals surface area contributed by atoms with Crippen molar-refractivity contribution in [1.82, 2.24) is 20.0 Å². The molecule has 0 saturated heterocycles. The van der Waals surface area contributed by atoms with Crippen molar-refractivity contribution in [2.24, 2.45) is 7.05 Å². The maximum atomic E-state index is 12.1. The summed E-state index contributed by atoms with van der Waals surface area (Å²) in [6, 6.07) is 0.321. The molecule has 1 aromatic rings. The summed E-state index contributed by atoms with van der Waals surface area (Å²) in [6.07, 6.45) is 5.24. The van der Waals surface area contributed by atoms with Gasteiger partial charge < -0.3 is 10.1 Å². The molecule has 1 heterocycles. The van der Waals surface area contributed by atoms with E-state index in [0.717, 1.165) is 19.3 Å². The molecule has 6 heteroatoms. The van der Waals surface area contributed by atoms with Crippen LogP contribution in [0.5, 0.6) is 0 Å². The van der Waals surface area contributed by atoms with Crippen molar-refractivity contribution in [3.8, 4) is 0 Å². The minimum absolute atomic E-state index is 0.0382. The minimum Gasteiger partial charge on any atom is -0.383 e. The Labute approximate surface area is 126 Å². The van der Waals surface area contributed by atoms with Gasteiger partial charge in [-0.05, 0) is 33.2 Å². The fourth-order valence-electron chi connectivity index (χ4n) is 3.09. The van der Waals surface area contributed by atoms with Gasteiger partial charge in [0, 0.05) is 37.5 Å². The number of carbonyl (C=O) groups is 1. The summed E-state index contributed by atoms with van der Waals surface area (Å²) < 4.78 is 6.99. The monoisotopic (exact) mass is 294 g/mol. The average molecular weight is 294 g/mol. The highest BCUT2D eigenvalue weighted by Gasteiger charge is 2.27. The SMILES string of the molecule is COC[C@@H](C)NC(=O)CN(C)[C@H]1CCCc2c1cnn2C. The van der Waals surface area contributed by atoms with E-state index in [9.17, 15) is 4.79 Å². The number of likely N-dealkylation sites (N-methyl/N-ethyl adjacent to an activating group) is 1. The van der Waals surface area contributed by atoms with Crippen molar-refractivity contribution in [2.45, 2.75) is 38.3 Å². The Kier molecular flexibility index (Phi) is 5.36. The molecule has 6 nitrogen and oxygen atoms in total. The van der Waals surface area contributed by atoms with Crippen LogP contribution in [0, 0.1) is 0 Å². The van der Waals surface area contributed by atoms with Gasteiger partial charge in [0.15, 0.2) is 0 Å². The summed E-state index contributed by atoms with van der Waals surface area (Å²) in [6.45, 7) is 2.87. The number of nitrogens with zero attached hydrogens (tertiary/aromatic N) is 3. The van der Waals surface area contributed by atoms with Gasteiger partial charge in [0.05, 0.1) is 19.3 Å². The summed E-state index contributed by atoms with van der Waals surface area (Å²) in [7, 11) is 5.63. The third-order valence-corrected chi connectivity index (χ3v) is 4.09. The zero-order valence-electron chi connectivity index (χ0n) is 13.4. The van der Waals surface area contributed by atoms with Crippen LogP contribution in [0.15, 0.2) is 6.20 Å². The van der Waals surface area contributed by atoms with Gasteiger partial charge in [0.2, 0.25) is 5.91 Å². The van der Waals surface area contributed by atoms with E-state index in [1.54, 1.807) is 7.11 Å². The van der Waals surface area contributed by atoms with Crippen LogP contribution < -0.4 is 5.32 Å². The fourth-order valence-corrected chi connectivity index (χ4v) is 3.09. The first-order valence-electron chi connectivity index (χ1n) is 7.52. The van der Waals surface area contributed by atoms with E-state index in [1.807, 2.05) is 31.9 Å². The average Bonchev–Trinajstić information content (AvgIpc) is 2.80. The lowest BCUT2D eigenvalue weighted by Crippen LogP contribution is -2.42. The zero-order valence-corrected chi connectivity index (χ0v) is 13.4. The van der Waals surface area contributed by atoms with Crippen LogP contribution in [-0.2, 0) is 23.0 Å². The number of hydrogen-bond donors (Lipinski definition) is 1. The quantitative estimate of drug-likeness (QED) is 0.846. The van der Waals surface area contributed by atoms with Crippen LogP contribution in [0.3, 0.4) is 0 Å². The molecular weight excluding hydrogens is 268 g/mol. The molecule has 2 atom stereocenters. The van der Waals surface area contributed by atoms with Gasteiger partial charge in [0.1, 0.15) is 0 Å². The van der Waals surface area contributed by atoms with Gasteiger partial charge in [0.25, 0.3) is 0 Å². The number of nitrogens with one attached hydrogen (secondary N) is 1. The molecule has 1 N–H and O–H groups in total. The van der Waals surface area contributed by atoms with E-state index in [4.69, 9.17) is 4.74 Å². The van der Waals surface area contributed by atoms with Crippen LogP contribution in [0.4, 0.5) is 0 Å². The smallest absolute Gasteiger partial charge is 0.234 e. The number of aromatic nitrogens is 2. The third kappa shape index (κ3) is 3.83. The van der Waals surface area contributed by atoms with E-state index >= 15 is 0 Å². The number of ether oxygens (including phenoxy) is 1. The van der Waals surface area contributed by atoms with Crippen molar-refractivity contribution in [3.63, 3.8) is 0 Å². The molecule has 21 heavy (non-hydrogen) atoms. The molecule has 1 aliphatic carbocycles. The second-order valence-corrected chi connectivity index (χ2v) is 5.92. The fraction of sp³-hybridized carbons (Fsp3) is 0.733. The molecule has 1 amide bonds. The molecule has 0 aromatic carbocycles. The number of fused-ring (bicyclic) bond motifs is 1. The van der Waals surface area contributed by atoms with Gasteiger partial charge in [-0.3, -0.25) is 14.4 Å². The second-order valence-electron chi connectivity index (χ2n) is 5.92. The molecule has 1 aliphatic rings. The molecule has 0 fully saturated rings.